The third-order valence-corrected chi connectivity index (χ3v) is 1.25. The summed E-state index contributed by atoms with van der Waals surface area (Å²) in [5, 5.41) is 25.5. The van der Waals surface area contributed by atoms with Gasteiger partial charge in [0, 0.05) is 19.6 Å². The van der Waals surface area contributed by atoms with Crippen molar-refractivity contribution in [1.29, 1.82) is 0 Å². The van der Waals surface area contributed by atoms with Crippen LogP contribution in [0, 0.1) is 7.43 Å². The Labute approximate surface area is 75.4 Å². The number of nitrogens with zero attached hydrogens (tertiary/aromatic N) is 1. The summed E-state index contributed by atoms with van der Waals surface area (Å²) in [5.41, 5.74) is 0. The van der Waals surface area contributed by atoms with Crippen LogP contribution in [0.4, 0.5) is 0 Å². The maximum atomic E-state index is 8.48. The molecule has 0 fully saturated rings. The number of hydrogen-bond donors (Lipinski definition) is 3. The summed E-state index contributed by atoms with van der Waals surface area (Å²) in [6, 6.07) is 0. The normalized spacial score (nSPS) is 8.31. The van der Waals surface area contributed by atoms with Gasteiger partial charge in [0.05, 0.1) is 19.8 Å². The van der Waals surface area contributed by atoms with Gasteiger partial charge in [0.15, 0.2) is 0 Å². The zero-order valence-corrected chi connectivity index (χ0v) is 14.3. The van der Waals surface area contributed by atoms with Crippen LogP contribution in [-0.4, -0.2) is 59.7 Å². The van der Waals surface area contributed by atoms with Gasteiger partial charge in [-0.1, -0.05) is 7.43 Å². The molecule has 0 saturated carbocycles. The van der Waals surface area contributed by atoms with Crippen molar-refractivity contribution in [3.63, 3.8) is 0 Å². The quantitative estimate of drug-likeness (QED) is 0.464. The van der Waals surface area contributed by atoms with E-state index in [0.29, 0.717) is 19.6 Å². The Hall–Kier alpha value is -1.16. The zero-order chi connectivity index (χ0) is 7.82. The maximum absolute atomic E-state index is 8.48. The molecule has 13 heavy (non-hydrogen) atoms. The van der Waals surface area contributed by atoms with E-state index >= 15 is 0 Å². The average molecular weight is 458 g/mol. The molecule has 80 valence electrons. The van der Waals surface area contributed by atoms with Crippen molar-refractivity contribution in [3.8, 4) is 0 Å². The summed E-state index contributed by atoms with van der Waals surface area (Å²) in [6.07, 6.45) is 0. The third kappa shape index (κ3) is 13.8. The zero-order valence-electron chi connectivity index (χ0n) is 7.74. The van der Waals surface area contributed by atoms with Crippen LogP contribution in [0.1, 0.15) is 7.43 Å². The molecule has 0 bridgehead atoms. The van der Waals surface area contributed by atoms with Gasteiger partial charge in [0.1, 0.15) is 0 Å². The second-order valence-corrected chi connectivity index (χ2v) is 2.01. The van der Waals surface area contributed by atoms with Crippen molar-refractivity contribution >= 4 is 0 Å². The minimum atomic E-state index is 0. The molecule has 0 spiro atoms. The monoisotopic (exact) mass is 458 g/mol. The molecule has 0 aromatic heterocycles. The van der Waals surface area contributed by atoms with Crippen molar-refractivity contribution in [2.45, 2.75) is 7.43 Å². The summed E-state index contributed by atoms with van der Waals surface area (Å²) < 4.78 is 0. The van der Waals surface area contributed by atoms with E-state index in [4.69, 9.17) is 15.3 Å². The molecule has 0 aromatic rings. The first-order chi connectivity index (χ1) is 4.85. The van der Waals surface area contributed by atoms with Crippen molar-refractivity contribution in [2.75, 3.05) is 39.5 Å². The smallest absolute Gasteiger partial charge is 0.0558 e. The minimum Gasteiger partial charge on any atom is -0.395 e. The van der Waals surface area contributed by atoms with Gasteiger partial charge >= 0.3 is 0 Å². The van der Waals surface area contributed by atoms with Crippen LogP contribution in [0.3, 0.4) is 0 Å². The fraction of sp³-hybridized carbons (Fsp3) is 0.875. The molecule has 4 nitrogen and oxygen atoms in total. The molecule has 0 rings (SSSR count). The summed E-state index contributed by atoms with van der Waals surface area (Å²) in [4.78, 5) is 1.79. The second kappa shape index (κ2) is 17.1. The first kappa shape index (κ1) is 22.6. The Kier molecular flexibility index (Phi) is 29.7. The van der Waals surface area contributed by atoms with Gasteiger partial charge in [0.2, 0.25) is 0 Å². The standard InChI is InChI=1S/C6H15NO3.CH4.CH3.Mt/c8-4-1-7(2-5-9)3-6-10;;;/h8-10H,1-6H2;1H4;1H3;/q;;-1;. The molecule has 0 radical (unpaired) electrons. The molecule has 0 amide bonds. The number of hydrogen-bond acceptors (Lipinski definition) is 4. The molecule has 0 saturated heterocycles. The molecule has 0 heterocycles. The van der Waals surface area contributed by atoms with E-state index in [1.54, 1.807) is 4.90 Å². The Morgan fingerprint density at radius 1 is 0.769 bits per heavy atom. The minimum absolute atomic E-state index is 0. The van der Waals surface area contributed by atoms with Crippen LogP contribution in [0.2, 0.25) is 0 Å². The van der Waals surface area contributed by atoms with Crippen molar-refractivity contribution in [3.05, 3.63) is 7.43 Å². The van der Waals surface area contributed by atoms with Crippen molar-refractivity contribution in [2.24, 2.45) is 0 Å². The van der Waals surface area contributed by atoms with E-state index in [1.165, 1.54) is 0 Å². The molecule has 0 aromatic carbocycles. The van der Waals surface area contributed by atoms with Gasteiger partial charge in [0.25, 0.3) is 0 Å². The van der Waals surface area contributed by atoms with Gasteiger partial charge < -0.3 is 22.7 Å². The van der Waals surface area contributed by atoms with Crippen LogP contribution in [-0.2, 0) is 0 Å². The van der Waals surface area contributed by atoms with Gasteiger partial charge in [-0.25, -0.2) is 0 Å². The van der Waals surface area contributed by atoms with Gasteiger partial charge in [-0.15, -0.1) is 0 Å². The van der Waals surface area contributed by atoms with Crippen LogP contribution in [0.15, 0.2) is 0 Å². The van der Waals surface area contributed by atoms with Gasteiger partial charge in [-0.2, -0.15) is 0 Å². The van der Waals surface area contributed by atoms with Gasteiger partial charge in [-0.05, 0) is 0 Å². The molecule has 0 aliphatic heterocycles. The molecule has 0 atom stereocenters. The topological polar surface area (TPSA) is 63.9 Å². The number of aliphatic hydroxyl groups is 3. The molecule has 5 heteroatoms. The van der Waals surface area contributed by atoms with E-state index in [1.807, 2.05) is 0 Å². The Morgan fingerprint density at radius 3 is 1.15 bits per heavy atom. The molecular formula is C8H22MtNO3-. The van der Waals surface area contributed by atoms with E-state index in [9.17, 15) is 0 Å². The molecule has 0 aliphatic rings. The summed E-state index contributed by atoms with van der Waals surface area (Å²) >= 11 is 0. The average Bonchev–Trinajstić information content (AvgIpc) is 1.90. The Balaban J connectivity index is -0.000000135. The van der Waals surface area contributed by atoms with Crippen LogP contribution < -0.4 is 0 Å². The van der Waals surface area contributed by atoms with Crippen LogP contribution >= 0.6 is 0 Å². The fourth-order valence-corrected chi connectivity index (χ4v) is 0.760. The summed E-state index contributed by atoms with van der Waals surface area (Å²) in [7, 11) is 0. The van der Waals surface area contributed by atoms with Gasteiger partial charge in [-0.3, -0.25) is 4.90 Å². The first-order valence-electron chi connectivity index (χ1n) is 3.40. The van der Waals surface area contributed by atoms with Crippen LogP contribution in [0.25, 0.3) is 0 Å². The molecular weight excluding hydrogens is 436 g/mol. The Bertz CT molecular complexity index is 62.1. The summed E-state index contributed by atoms with van der Waals surface area (Å²) in [6.45, 7) is 1.75. The van der Waals surface area contributed by atoms with Crippen molar-refractivity contribution < 1.29 is 15.3 Å². The Morgan fingerprint density at radius 2 is 1.00 bits per heavy atom. The largest absolute Gasteiger partial charge is 0.395 e. The first-order valence-corrected chi connectivity index (χ1v) is 3.40. The fourth-order valence-electron chi connectivity index (χ4n) is 0.760. The predicted octanol–water partition coefficient (Wildman–Crippen LogP) is -0.648. The predicted molar refractivity (Wildman–Crippen MR) is 50.8 cm³/mol. The number of rotatable bonds is 6. The van der Waals surface area contributed by atoms with Crippen LogP contribution in [0.5, 0.6) is 0 Å². The molecule has 0 unspecified atom stereocenters. The van der Waals surface area contributed by atoms with E-state index in [-0.39, 0.29) is 34.7 Å². The van der Waals surface area contributed by atoms with Crippen molar-refractivity contribution in [1.82, 2.24) is 4.90 Å². The molecule has 0 aliphatic carbocycles. The second-order valence-electron chi connectivity index (χ2n) is 2.01. The third-order valence-electron chi connectivity index (χ3n) is 1.25. The summed E-state index contributed by atoms with van der Waals surface area (Å²) in [5.74, 6) is 0. The van der Waals surface area contributed by atoms with E-state index < -0.39 is 0 Å². The maximum Gasteiger partial charge on any atom is 0.0558 e. The SMILES string of the molecule is C.OCCN(CCO)CCO.[CH3-].[Mt]. The van der Waals surface area contributed by atoms with E-state index in [0.717, 1.165) is 0 Å². The molecule has 3 N–H and O–H groups in total. The number of aliphatic hydroxyl groups excluding tert-OH is 3. The van der Waals surface area contributed by atoms with E-state index in [2.05, 4.69) is 0 Å².